The van der Waals surface area contributed by atoms with Crippen LogP contribution >= 0.6 is 0 Å². The summed E-state index contributed by atoms with van der Waals surface area (Å²) in [6.45, 7) is 0. The van der Waals surface area contributed by atoms with Crippen molar-refractivity contribution in [3.63, 3.8) is 0 Å². The van der Waals surface area contributed by atoms with Gasteiger partial charge in [0.15, 0.2) is 0 Å². The summed E-state index contributed by atoms with van der Waals surface area (Å²) in [5.74, 6) is 0. The van der Waals surface area contributed by atoms with Crippen LogP contribution in [0.3, 0.4) is 0 Å². The van der Waals surface area contributed by atoms with Crippen molar-refractivity contribution in [3.8, 4) is 0 Å². The molecular weight excluding hydrogens is 330 g/mol. The van der Waals surface area contributed by atoms with Crippen LogP contribution in [0, 0.1) is 0 Å². The molecule has 1 radical (unpaired) electrons. The van der Waals surface area contributed by atoms with Gasteiger partial charge in [0.1, 0.15) is 0 Å². The van der Waals surface area contributed by atoms with E-state index in [2.05, 4.69) is 0 Å². The Labute approximate surface area is 76.6 Å². The van der Waals surface area contributed by atoms with Crippen LogP contribution in [0.5, 0.6) is 0 Å². The molecule has 0 aliphatic carbocycles. The Balaban J connectivity index is 0. The van der Waals surface area contributed by atoms with Crippen LogP contribution in [0.2, 0.25) is 0 Å². The predicted molar refractivity (Wildman–Crippen MR) is 29.8 cm³/mol. The van der Waals surface area contributed by atoms with Gasteiger partial charge in [-0.25, -0.2) is 0 Å². The molecule has 4 heteroatoms. The van der Waals surface area contributed by atoms with Crippen LogP contribution in [0.25, 0.3) is 0 Å². The van der Waals surface area contributed by atoms with Gasteiger partial charge in [0.2, 0.25) is 0 Å². The average molecular weight is 339 g/mol. The zero-order valence-electron chi connectivity index (χ0n) is 0.802. The zero-order chi connectivity index (χ0) is 0. The Kier molecular flexibility index (Phi) is 143. The normalized spacial score (nSPS) is 0. The third kappa shape index (κ3) is 8.82. The molecule has 4 heavy (non-hydrogen) atoms. The molecule has 0 saturated carbocycles. The molecule has 0 bridgehead atoms. The first-order valence-electron chi connectivity index (χ1n) is 0. The van der Waals surface area contributed by atoms with Gasteiger partial charge in [-0.3, -0.25) is 0 Å². The molecule has 0 amide bonds. The summed E-state index contributed by atoms with van der Waals surface area (Å²) in [4.78, 5) is 0. The average Bonchev–Trinajstić information content (AvgIpc) is 0. The molecule has 0 aromatic rings. The summed E-state index contributed by atoms with van der Waals surface area (Å²) in [6, 6.07) is 0. The summed E-state index contributed by atoms with van der Waals surface area (Å²) >= 11 is 0. The molecule has 0 spiro atoms. The van der Waals surface area contributed by atoms with Crippen LogP contribution in [0.15, 0.2) is 0 Å². The van der Waals surface area contributed by atoms with Crippen molar-refractivity contribution < 1.29 is 17.1 Å². The van der Waals surface area contributed by atoms with E-state index in [-0.39, 0.29) is 77.6 Å². The van der Waals surface area contributed by atoms with Crippen molar-refractivity contribution in [1.29, 1.82) is 0 Å². The molecule has 0 aromatic heterocycles. The third-order valence-corrected chi connectivity index (χ3v) is 0. The van der Waals surface area contributed by atoms with E-state index in [1.165, 1.54) is 0 Å². The van der Waals surface area contributed by atoms with Gasteiger partial charge in [-0.2, -0.15) is 0 Å². The van der Waals surface area contributed by atoms with Crippen molar-refractivity contribution in [2.75, 3.05) is 0 Å². The first-order chi connectivity index (χ1) is 0. The molecule has 0 fully saturated rings. The van der Waals surface area contributed by atoms with Crippen molar-refractivity contribution >= 4 is 60.5 Å². The number of hydrogen-bond acceptors (Lipinski definition) is 0. The molecule has 0 saturated heterocycles. The van der Waals surface area contributed by atoms with Crippen LogP contribution in [-0.2, 0) is 17.1 Å². The van der Waals surface area contributed by atoms with E-state index < -0.39 is 0 Å². The van der Waals surface area contributed by atoms with E-state index in [0.717, 1.165) is 0 Å². The fourth-order valence-electron chi connectivity index (χ4n) is 0. The third-order valence-electron chi connectivity index (χ3n) is 0. The van der Waals surface area contributed by atoms with Gasteiger partial charge in [0.05, 0.1) is 0 Å². The Morgan fingerprint density at radius 2 is 1.00 bits per heavy atom. The number of hydrogen-bond donors (Lipinski definition) is 0. The van der Waals surface area contributed by atoms with Gasteiger partial charge in [-0.1, -0.05) is 0 Å². The van der Waals surface area contributed by atoms with E-state index >= 15 is 0 Å². The van der Waals surface area contributed by atoms with Crippen molar-refractivity contribution in [2.24, 2.45) is 0 Å². The summed E-state index contributed by atoms with van der Waals surface area (Å²) in [5, 5.41) is 0. The molecule has 0 unspecified atom stereocenters. The summed E-state index contributed by atoms with van der Waals surface area (Å²) in [7, 11) is 0. The second kappa shape index (κ2) is 18.0. The molecule has 0 heterocycles. The molecule has 0 rings (SSSR count). The standard InChI is InChI=1S/Cu.GeH4.In.H2Se.3H/h;1H4;;1H2;;;. The summed E-state index contributed by atoms with van der Waals surface area (Å²) < 4.78 is 0. The Morgan fingerprint density at radius 1 is 1.00 bits per heavy atom. The summed E-state index contributed by atoms with van der Waals surface area (Å²) in [6.07, 6.45) is 0. The Morgan fingerprint density at radius 3 is 1.00 bits per heavy atom. The first kappa shape index (κ1) is 31.9. The van der Waals surface area contributed by atoms with Crippen molar-refractivity contribution in [3.05, 3.63) is 0 Å². The Hall–Kier alpha value is 2.45. The van der Waals surface area contributed by atoms with Crippen LogP contribution < -0.4 is 0 Å². The van der Waals surface area contributed by atoms with Gasteiger partial charge in [-0.05, 0) is 0 Å². The van der Waals surface area contributed by atoms with Gasteiger partial charge in [0.25, 0.3) is 0 Å². The molecule has 33 valence electrons. The van der Waals surface area contributed by atoms with Crippen LogP contribution in [0.4, 0.5) is 0 Å². The van der Waals surface area contributed by atoms with Gasteiger partial charge in [0, 0.05) is 17.1 Å². The molecule has 0 aliphatic rings. The van der Waals surface area contributed by atoms with Crippen molar-refractivity contribution in [1.82, 2.24) is 0 Å². The molecule has 0 aliphatic heterocycles. The van der Waals surface area contributed by atoms with E-state index in [1.807, 2.05) is 0 Å². The van der Waals surface area contributed by atoms with Gasteiger partial charge in [-0.15, -0.1) is 0 Å². The predicted octanol–water partition coefficient (Wildman–Crippen LogP) is -3.55. The van der Waals surface area contributed by atoms with Gasteiger partial charge < -0.3 is 0 Å². The molecule has 0 atom stereocenters. The van der Waals surface area contributed by atoms with E-state index in [0.29, 0.717) is 0 Å². The molecule has 0 aromatic carbocycles. The van der Waals surface area contributed by atoms with E-state index in [4.69, 9.17) is 0 Å². The van der Waals surface area contributed by atoms with Crippen LogP contribution in [0.1, 0.15) is 0 Å². The van der Waals surface area contributed by atoms with E-state index in [1.54, 1.807) is 0 Å². The van der Waals surface area contributed by atoms with Crippen LogP contribution in [-0.4, -0.2) is 60.5 Å². The number of rotatable bonds is 0. The second-order valence-corrected chi connectivity index (χ2v) is 0. The topological polar surface area (TPSA) is 0 Å². The van der Waals surface area contributed by atoms with E-state index in [9.17, 15) is 0 Å². The first-order valence-corrected chi connectivity index (χ1v) is 0. The molecule has 0 nitrogen and oxygen atoms in total. The fourth-order valence-corrected chi connectivity index (χ4v) is 0. The fraction of sp³-hybridized carbons (Fsp3) is 0. The maximum absolute atomic E-state index is 0. The minimum absolute atomic E-state index is 0. The summed E-state index contributed by atoms with van der Waals surface area (Å²) in [5.41, 5.74) is 0. The maximum atomic E-state index is 0. The SMILES string of the molecule is [Cu].[GeH4].[InH3].[SeH2]. The monoisotopic (exact) mass is 341 g/mol. The molecular formula is H9CuGeInSe. The second-order valence-electron chi connectivity index (χ2n) is 0. The van der Waals surface area contributed by atoms with Crippen molar-refractivity contribution in [2.45, 2.75) is 0 Å². The molecule has 0 N–H and O–H groups in total. The Bertz CT molecular complexity index is 8.00. The van der Waals surface area contributed by atoms with Gasteiger partial charge >= 0.3 is 60.5 Å². The quantitative estimate of drug-likeness (QED) is 0.401. The zero-order valence-corrected chi connectivity index (χ0v) is 3.84. The minimum atomic E-state index is 0.